The molecule has 0 atom stereocenters. The number of methoxy groups -OCH3 is 1. The lowest BCUT2D eigenvalue weighted by atomic mass is 10.1. The number of rotatable bonds is 7. The number of aromatic nitrogens is 2. The number of ether oxygens (including phenoxy) is 2. The number of nitrogens with zero attached hydrogens (tertiary/aromatic N) is 4. The smallest absolute Gasteiger partial charge is 0.392 e. The molecule has 186 valence electrons. The Labute approximate surface area is 203 Å². The van der Waals surface area contributed by atoms with Crippen molar-refractivity contribution in [2.75, 3.05) is 30.5 Å². The van der Waals surface area contributed by atoms with Crippen LogP contribution in [0.3, 0.4) is 0 Å². The Bertz CT molecular complexity index is 1330. The molecule has 0 spiro atoms. The highest BCUT2D eigenvalue weighted by Crippen LogP contribution is 2.27. The summed E-state index contributed by atoms with van der Waals surface area (Å²) >= 11 is 0. The second-order valence-corrected chi connectivity index (χ2v) is 7.78. The number of carbonyl (C=O) groups is 2. The highest BCUT2D eigenvalue weighted by atomic mass is 19.4. The molecule has 2 aromatic carbocycles. The van der Waals surface area contributed by atoms with E-state index in [0.29, 0.717) is 23.7 Å². The quantitative estimate of drug-likeness (QED) is 0.526. The Morgan fingerprint density at radius 3 is 2.61 bits per heavy atom. The van der Waals surface area contributed by atoms with Crippen molar-refractivity contribution < 1.29 is 32.2 Å². The number of carbonyl (C=O) groups excluding carboxylic acids is 2. The first-order chi connectivity index (χ1) is 17.2. The summed E-state index contributed by atoms with van der Waals surface area (Å²) < 4.78 is 48.6. The number of amides is 2. The third kappa shape index (κ3) is 5.25. The predicted molar refractivity (Wildman–Crippen MR) is 122 cm³/mol. The van der Waals surface area contributed by atoms with Crippen LogP contribution in [0.4, 0.5) is 24.5 Å². The molecule has 12 heteroatoms. The highest BCUT2D eigenvalue weighted by molar-refractivity contribution is 6.15. The molecule has 36 heavy (non-hydrogen) atoms. The van der Waals surface area contributed by atoms with Gasteiger partial charge in [0.05, 0.1) is 44.0 Å². The number of alkyl halides is 3. The van der Waals surface area contributed by atoms with Gasteiger partial charge in [-0.1, -0.05) is 0 Å². The summed E-state index contributed by atoms with van der Waals surface area (Å²) in [6, 6.07) is 12.6. The molecular weight excluding hydrogens is 479 g/mol. The average molecular weight is 499 g/mol. The van der Waals surface area contributed by atoms with Crippen molar-refractivity contribution in [1.82, 2.24) is 9.78 Å². The molecule has 0 aliphatic carbocycles. The van der Waals surface area contributed by atoms with Crippen LogP contribution in [0.15, 0.2) is 48.7 Å². The molecule has 4 rings (SSSR count). The fraction of sp³-hybridized carbons (Fsp3) is 0.250. The number of hydrogen-bond acceptors (Lipinski definition) is 6. The van der Waals surface area contributed by atoms with Crippen molar-refractivity contribution >= 4 is 23.2 Å². The maximum absolute atomic E-state index is 13.3. The topological polar surface area (TPSA) is 109 Å². The van der Waals surface area contributed by atoms with E-state index in [1.807, 2.05) is 6.07 Å². The van der Waals surface area contributed by atoms with Gasteiger partial charge in [0.2, 0.25) is 0 Å². The molecular formula is C24H20F3N5O4. The van der Waals surface area contributed by atoms with Crippen LogP contribution >= 0.6 is 0 Å². The Kier molecular flexibility index (Phi) is 6.82. The van der Waals surface area contributed by atoms with Crippen LogP contribution in [0.2, 0.25) is 0 Å². The number of fused-ring (bicyclic) bond motifs is 1. The van der Waals surface area contributed by atoms with Crippen molar-refractivity contribution in [1.29, 1.82) is 5.26 Å². The van der Waals surface area contributed by atoms with E-state index in [1.165, 1.54) is 41.1 Å². The van der Waals surface area contributed by atoms with Crippen molar-refractivity contribution in [2.45, 2.75) is 19.1 Å². The monoisotopic (exact) mass is 499 g/mol. The van der Waals surface area contributed by atoms with Gasteiger partial charge in [0, 0.05) is 17.9 Å². The van der Waals surface area contributed by atoms with E-state index in [-0.39, 0.29) is 29.1 Å². The molecule has 0 radical (unpaired) electrons. The lowest BCUT2D eigenvalue weighted by Gasteiger charge is -2.28. The van der Waals surface area contributed by atoms with Crippen molar-refractivity contribution in [2.24, 2.45) is 0 Å². The summed E-state index contributed by atoms with van der Waals surface area (Å²) in [7, 11) is 1.43. The van der Waals surface area contributed by atoms with Gasteiger partial charge in [0.15, 0.2) is 0 Å². The van der Waals surface area contributed by atoms with E-state index in [2.05, 4.69) is 10.4 Å². The van der Waals surface area contributed by atoms with Crippen molar-refractivity contribution in [3.63, 3.8) is 0 Å². The first-order valence-corrected chi connectivity index (χ1v) is 10.8. The number of nitrogens with one attached hydrogen (secondary N) is 1. The zero-order valence-electron chi connectivity index (χ0n) is 19.0. The first kappa shape index (κ1) is 24.6. The molecule has 1 aliphatic heterocycles. The van der Waals surface area contributed by atoms with Crippen LogP contribution in [0.1, 0.15) is 32.8 Å². The zero-order chi connectivity index (χ0) is 25.9. The Morgan fingerprint density at radius 2 is 1.94 bits per heavy atom. The van der Waals surface area contributed by atoms with Gasteiger partial charge >= 0.3 is 6.18 Å². The number of anilines is 2. The van der Waals surface area contributed by atoms with E-state index in [4.69, 9.17) is 9.47 Å². The molecule has 2 heterocycles. The van der Waals surface area contributed by atoms with Crippen LogP contribution in [0, 0.1) is 11.3 Å². The summed E-state index contributed by atoms with van der Waals surface area (Å²) in [5.74, 6) is -0.425. The molecule has 0 saturated carbocycles. The third-order valence-electron chi connectivity index (χ3n) is 5.45. The van der Waals surface area contributed by atoms with Crippen LogP contribution in [-0.2, 0) is 6.54 Å². The third-order valence-corrected chi connectivity index (χ3v) is 5.45. The highest BCUT2D eigenvalue weighted by Gasteiger charge is 2.32. The molecule has 9 nitrogen and oxygen atoms in total. The lowest BCUT2D eigenvalue weighted by Crippen LogP contribution is -2.41. The SMILES string of the molecule is COc1ccc(NC(=O)c2cnn3c2C(=O)N(c2ccc(OCCC(F)(F)F)cc2)CC3)cc1C#N. The average Bonchev–Trinajstić information content (AvgIpc) is 3.29. The maximum atomic E-state index is 13.3. The van der Waals surface area contributed by atoms with Crippen molar-refractivity contribution in [3.8, 4) is 17.6 Å². The minimum Gasteiger partial charge on any atom is -0.495 e. The number of nitriles is 1. The Morgan fingerprint density at radius 1 is 1.19 bits per heavy atom. The largest absolute Gasteiger partial charge is 0.495 e. The van der Waals surface area contributed by atoms with E-state index < -0.39 is 31.0 Å². The van der Waals surface area contributed by atoms with Gasteiger partial charge in [0.1, 0.15) is 23.3 Å². The van der Waals surface area contributed by atoms with Gasteiger partial charge in [-0.3, -0.25) is 14.3 Å². The molecule has 3 aromatic rings. The second kappa shape index (κ2) is 9.99. The molecule has 0 saturated heterocycles. The summed E-state index contributed by atoms with van der Waals surface area (Å²) in [6.07, 6.45) is -4.07. The van der Waals surface area contributed by atoms with Gasteiger partial charge in [-0.25, -0.2) is 0 Å². The molecule has 2 amide bonds. The van der Waals surface area contributed by atoms with E-state index in [0.717, 1.165) is 0 Å². The minimum absolute atomic E-state index is 0.0612. The standard InChI is InChI=1S/C24H20F3N5O4/c1-35-20-7-2-16(12-15(20)13-28)30-22(33)19-14-29-32-10-9-31(23(34)21(19)32)17-3-5-18(6-4-17)36-11-8-24(25,26)27/h2-7,12,14H,8-11H2,1H3,(H,30,33). The van der Waals surface area contributed by atoms with Gasteiger partial charge in [0.25, 0.3) is 11.8 Å². The lowest BCUT2D eigenvalue weighted by molar-refractivity contribution is -0.139. The number of benzene rings is 2. The van der Waals surface area contributed by atoms with Gasteiger partial charge in [-0.2, -0.15) is 23.5 Å². The maximum Gasteiger partial charge on any atom is 0.392 e. The summed E-state index contributed by atoms with van der Waals surface area (Å²) in [5, 5.41) is 16.1. The predicted octanol–water partition coefficient (Wildman–Crippen LogP) is 4.01. The molecule has 1 aromatic heterocycles. The van der Waals surface area contributed by atoms with Gasteiger partial charge < -0.3 is 19.7 Å². The number of halogens is 3. The fourth-order valence-corrected chi connectivity index (χ4v) is 3.70. The van der Waals surface area contributed by atoms with Crippen LogP contribution in [0.5, 0.6) is 11.5 Å². The van der Waals surface area contributed by atoms with E-state index in [1.54, 1.807) is 24.3 Å². The van der Waals surface area contributed by atoms with Gasteiger partial charge in [-0.05, 0) is 42.5 Å². The first-order valence-electron chi connectivity index (χ1n) is 10.8. The summed E-state index contributed by atoms with van der Waals surface area (Å²) in [4.78, 5) is 27.7. The second-order valence-electron chi connectivity index (χ2n) is 7.78. The van der Waals surface area contributed by atoms with Gasteiger partial charge in [-0.15, -0.1) is 0 Å². The zero-order valence-corrected chi connectivity index (χ0v) is 19.0. The van der Waals surface area contributed by atoms with Crippen LogP contribution in [0.25, 0.3) is 0 Å². The molecule has 0 bridgehead atoms. The van der Waals surface area contributed by atoms with E-state index >= 15 is 0 Å². The van der Waals surface area contributed by atoms with E-state index in [9.17, 15) is 28.0 Å². The molecule has 0 unspecified atom stereocenters. The minimum atomic E-state index is -4.31. The molecule has 1 N–H and O–H groups in total. The number of hydrogen-bond donors (Lipinski definition) is 1. The van der Waals surface area contributed by atoms with Crippen LogP contribution < -0.4 is 19.7 Å². The fourth-order valence-electron chi connectivity index (χ4n) is 3.70. The summed E-state index contributed by atoms with van der Waals surface area (Å²) in [6.45, 7) is 0.110. The molecule has 1 aliphatic rings. The Balaban J connectivity index is 1.49. The Hall–Kier alpha value is -4.53. The van der Waals surface area contributed by atoms with Crippen molar-refractivity contribution in [3.05, 3.63) is 65.5 Å². The summed E-state index contributed by atoms with van der Waals surface area (Å²) in [5.41, 5.74) is 1.24. The van der Waals surface area contributed by atoms with Crippen LogP contribution in [-0.4, -0.2) is 48.0 Å². The normalized spacial score (nSPS) is 13.1. The molecule has 0 fully saturated rings.